The van der Waals surface area contributed by atoms with Crippen molar-refractivity contribution in [3.05, 3.63) is 77.4 Å². The summed E-state index contributed by atoms with van der Waals surface area (Å²) in [7, 11) is -0.310. The third-order valence-electron chi connectivity index (χ3n) is 7.04. The summed E-state index contributed by atoms with van der Waals surface area (Å²) in [6, 6.07) is 19.2. The number of rotatable bonds is 6. The van der Waals surface area contributed by atoms with Crippen molar-refractivity contribution >= 4 is 24.8 Å². The highest BCUT2D eigenvalue weighted by Crippen LogP contribution is 2.64. The second-order valence-corrected chi connectivity index (χ2v) is 12.0. The Morgan fingerprint density at radius 2 is 1.32 bits per heavy atom. The van der Waals surface area contributed by atoms with Crippen LogP contribution in [0.15, 0.2) is 60.7 Å². The standard InChI is InChI=1S/C29H35OP/c1-23-17-19-24(20-18-23)26(22-30)21-29(25-11-5-2-6-12-25)31(27-13-7-3-8-14-27)28-15-9-4-10-16-28/h2,5-6,11-12,17-21,27-28H,3-4,7-10,13-16H2,1H3/b29-21+. The molecule has 162 valence electrons. The van der Waals surface area contributed by atoms with Crippen molar-refractivity contribution in [3.63, 3.8) is 0 Å². The molecule has 2 heteroatoms. The van der Waals surface area contributed by atoms with Crippen molar-refractivity contribution in [2.24, 2.45) is 0 Å². The molecular formula is C29H35OP. The average molecular weight is 431 g/mol. The highest BCUT2D eigenvalue weighted by atomic mass is 31.1. The van der Waals surface area contributed by atoms with Gasteiger partial charge in [0.2, 0.25) is 0 Å². The summed E-state index contributed by atoms with van der Waals surface area (Å²) in [6.07, 6.45) is 15.9. The summed E-state index contributed by atoms with van der Waals surface area (Å²) < 4.78 is 0. The molecule has 2 saturated carbocycles. The molecule has 2 fully saturated rings. The maximum Gasteiger partial charge on any atom is 0.133 e. The summed E-state index contributed by atoms with van der Waals surface area (Å²) in [4.78, 5) is 12.1. The second-order valence-electron chi connectivity index (χ2n) is 9.27. The van der Waals surface area contributed by atoms with Crippen molar-refractivity contribution in [2.45, 2.75) is 82.4 Å². The number of allylic oxidation sites excluding steroid dienone is 2. The predicted molar refractivity (Wildman–Crippen MR) is 135 cm³/mol. The van der Waals surface area contributed by atoms with Gasteiger partial charge < -0.3 is 0 Å². The van der Waals surface area contributed by atoms with Crippen LogP contribution in [-0.4, -0.2) is 17.3 Å². The molecule has 2 aromatic carbocycles. The van der Waals surface area contributed by atoms with Crippen molar-refractivity contribution < 1.29 is 4.79 Å². The van der Waals surface area contributed by atoms with Gasteiger partial charge in [0.15, 0.2) is 0 Å². The van der Waals surface area contributed by atoms with E-state index in [9.17, 15) is 4.79 Å². The maximum atomic E-state index is 12.1. The molecule has 0 atom stereocenters. The van der Waals surface area contributed by atoms with Crippen LogP contribution in [0.3, 0.4) is 0 Å². The van der Waals surface area contributed by atoms with E-state index >= 15 is 0 Å². The van der Waals surface area contributed by atoms with E-state index in [-0.39, 0.29) is 7.92 Å². The number of carbonyl (C=O) groups excluding carboxylic acids is 1. The van der Waals surface area contributed by atoms with E-state index < -0.39 is 0 Å². The Morgan fingerprint density at radius 1 is 0.774 bits per heavy atom. The zero-order valence-corrected chi connectivity index (χ0v) is 19.7. The van der Waals surface area contributed by atoms with Gasteiger partial charge in [0.1, 0.15) is 5.94 Å². The average Bonchev–Trinajstić information content (AvgIpc) is 2.84. The van der Waals surface area contributed by atoms with E-state index in [0.717, 1.165) is 16.9 Å². The molecule has 0 N–H and O–H groups in total. The quantitative estimate of drug-likeness (QED) is 0.255. The monoisotopic (exact) mass is 430 g/mol. The Labute approximate surface area is 189 Å². The lowest BCUT2D eigenvalue weighted by Gasteiger charge is -2.40. The Bertz CT molecular complexity index is 891. The van der Waals surface area contributed by atoms with Crippen molar-refractivity contribution in [3.8, 4) is 0 Å². The minimum atomic E-state index is -0.310. The normalized spacial score (nSPS) is 18.7. The van der Waals surface area contributed by atoms with Crippen LogP contribution in [0, 0.1) is 6.92 Å². The van der Waals surface area contributed by atoms with E-state index in [1.807, 2.05) is 0 Å². The van der Waals surface area contributed by atoms with Gasteiger partial charge in [-0.2, -0.15) is 0 Å². The van der Waals surface area contributed by atoms with Crippen LogP contribution in [0.5, 0.6) is 0 Å². The van der Waals surface area contributed by atoms with Crippen LogP contribution in [0.1, 0.15) is 80.9 Å². The summed E-state index contributed by atoms with van der Waals surface area (Å²) in [6.45, 7) is 2.09. The van der Waals surface area contributed by atoms with Crippen LogP contribution in [0.25, 0.3) is 10.9 Å². The zero-order chi connectivity index (χ0) is 21.5. The summed E-state index contributed by atoms with van der Waals surface area (Å²) in [5, 5.41) is 1.44. The van der Waals surface area contributed by atoms with Gasteiger partial charge in [0, 0.05) is 0 Å². The molecule has 0 radical (unpaired) electrons. The molecule has 0 amide bonds. The van der Waals surface area contributed by atoms with Gasteiger partial charge in [-0.25, -0.2) is 4.79 Å². The van der Waals surface area contributed by atoms with Gasteiger partial charge in [0.25, 0.3) is 0 Å². The third kappa shape index (κ3) is 5.65. The van der Waals surface area contributed by atoms with Crippen LogP contribution in [0.2, 0.25) is 0 Å². The van der Waals surface area contributed by atoms with Gasteiger partial charge in [0.05, 0.1) is 5.57 Å². The van der Waals surface area contributed by atoms with Crippen LogP contribution < -0.4 is 0 Å². The van der Waals surface area contributed by atoms with E-state index in [4.69, 9.17) is 0 Å². The van der Waals surface area contributed by atoms with Gasteiger partial charge in [-0.3, -0.25) is 0 Å². The van der Waals surface area contributed by atoms with Gasteiger partial charge in [-0.15, -0.1) is 0 Å². The van der Waals surface area contributed by atoms with Crippen LogP contribution in [0.4, 0.5) is 0 Å². The topological polar surface area (TPSA) is 17.1 Å². The zero-order valence-electron chi connectivity index (χ0n) is 18.9. The van der Waals surface area contributed by atoms with E-state index in [1.54, 1.807) is 0 Å². The fraction of sp³-hybridized carbons (Fsp3) is 0.448. The van der Waals surface area contributed by atoms with E-state index in [1.165, 1.54) is 80.6 Å². The number of benzene rings is 2. The molecular weight excluding hydrogens is 395 g/mol. The first-order valence-corrected chi connectivity index (χ1v) is 13.6. The molecule has 0 saturated heterocycles. The molecule has 2 aromatic rings. The van der Waals surface area contributed by atoms with Gasteiger partial charge >= 0.3 is 0 Å². The Balaban J connectivity index is 1.80. The lowest BCUT2D eigenvalue weighted by molar-refractivity contribution is 0.487. The van der Waals surface area contributed by atoms with E-state index in [0.29, 0.717) is 5.57 Å². The number of hydrogen-bond donors (Lipinski definition) is 0. The molecule has 4 rings (SSSR count). The highest BCUT2D eigenvalue weighted by Gasteiger charge is 2.34. The Kier molecular flexibility index (Phi) is 7.96. The minimum Gasteiger partial charge on any atom is -0.233 e. The van der Waals surface area contributed by atoms with Gasteiger partial charge in [-0.05, 0) is 66.4 Å². The third-order valence-corrected chi connectivity index (χ3v) is 10.6. The summed E-state index contributed by atoms with van der Waals surface area (Å²) in [5.74, 6) is 2.30. The molecule has 31 heavy (non-hydrogen) atoms. The molecule has 2 aliphatic carbocycles. The van der Waals surface area contributed by atoms with Crippen molar-refractivity contribution in [1.29, 1.82) is 0 Å². The SMILES string of the molecule is Cc1ccc(C(=C=O)/C=C(\c2ccccc2)P(C2CCCCC2)C2CCCCC2)cc1. The fourth-order valence-corrected chi connectivity index (χ4v) is 9.32. The predicted octanol–water partition coefficient (Wildman–Crippen LogP) is 8.40. The first kappa shape index (κ1) is 22.3. The molecule has 0 aromatic heterocycles. The lowest BCUT2D eigenvalue weighted by Crippen LogP contribution is -2.21. The molecule has 0 unspecified atom stereocenters. The largest absolute Gasteiger partial charge is 0.233 e. The molecule has 0 aliphatic heterocycles. The van der Waals surface area contributed by atoms with E-state index in [2.05, 4.69) is 73.5 Å². The molecule has 2 aliphatic rings. The lowest BCUT2D eigenvalue weighted by atomic mass is 9.99. The highest BCUT2D eigenvalue weighted by molar-refractivity contribution is 7.69. The van der Waals surface area contributed by atoms with Gasteiger partial charge in [-0.1, -0.05) is 107 Å². The molecule has 1 nitrogen and oxygen atoms in total. The summed E-state index contributed by atoms with van der Waals surface area (Å²) >= 11 is 0. The van der Waals surface area contributed by atoms with Crippen LogP contribution in [-0.2, 0) is 4.79 Å². The Morgan fingerprint density at radius 3 is 1.84 bits per heavy atom. The maximum absolute atomic E-state index is 12.1. The number of aryl methyl sites for hydroxylation is 1. The van der Waals surface area contributed by atoms with Crippen molar-refractivity contribution in [1.82, 2.24) is 0 Å². The Hall–Kier alpha value is -1.94. The first-order valence-electron chi connectivity index (χ1n) is 12.1. The van der Waals surface area contributed by atoms with Crippen LogP contribution >= 0.6 is 7.92 Å². The molecule has 0 bridgehead atoms. The summed E-state index contributed by atoms with van der Waals surface area (Å²) in [5.41, 5.74) is 5.81. The first-order chi connectivity index (χ1) is 15.3. The smallest absolute Gasteiger partial charge is 0.133 e. The second kappa shape index (κ2) is 11.1. The van der Waals surface area contributed by atoms with Crippen molar-refractivity contribution in [2.75, 3.05) is 0 Å². The number of hydrogen-bond acceptors (Lipinski definition) is 1. The minimum absolute atomic E-state index is 0.310. The molecule has 0 spiro atoms. The fourth-order valence-electron chi connectivity index (χ4n) is 5.37. The molecule has 0 heterocycles.